The Hall–Kier alpha value is -3.71. The molecular formula is C23H22F3N5O4S. The average Bonchev–Trinajstić information content (AvgIpc) is 3.50. The lowest BCUT2D eigenvalue weighted by atomic mass is 10.0. The molecule has 190 valence electrons. The third kappa shape index (κ3) is 5.91. The fourth-order valence-electron chi connectivity index (χ4n) is 3.57. The SMILES string of the molecule is CC1CN=c2cc(-c3ccoc3)c(NC(=O)c3csc(C(F)(F)F)n3)cc2=CN1CCOCC(N)=O. The van der Waals surface area contributed by atoms with Crippen LogP contribution in [0.4, 0.5) is 18.9 Å². The zero-order valence-corrected chi connectivity index (χ0v) is 19.9. The van der Waals surface area contributed by atoms with Gasteiger partial charge in [-0.25, -0.2) is 4.98 Å². The van der Waals surface area contributed by atoms with Crippen LogP contribution in [-0.2, 0) is 15.7 Å². The van der Waals surface area contributed by atoms with Gasteiger partial charge in [-0.1, -0.05) is 0 Å². The molecule has 0 spiro atoms. The Bertz CT molecular complexity index is 1370. The zero-order valence-electron chi connectivity index (χ0n) is 19.0. The third-order valence-corrected chi connectivity index (χ3v) is 6.25. The lowest BCUT2D eigenvalue weighted by molar-refractivity contribution is -0.137. The normalized spacial score (nSPS) is 15.4. The first-order valence-electron chi connectivity index (χ1n) is 10.8. The molecule has 0 radical (unpaired) electrons. The zero-order chi connectivity index (χ0) is 25.9. The van der Waals surface area contributed by atoms with Crippen LogP contribution >= 0.6 is 11.3 Å². The highest BCUT2D eigenvalue weighted by molar-refractivity contribution is 7.10. The third-order valence-electron chi connectivity index (χ3n) is 5.36. The quantitative estimate of drug-likeness (QED) is 0.439. The van der Waals surface area contributed by atoms with Crippen LogP contribution in [0.25, 0.3) is 17.3 Å². The Kier molecular flexibility index (Phi) is 7.40. The first kappa shape index (κ1) is 25.4. The molecule has 3 heterocycles. The molecule has 0 bridgehead atoms. The Labute approximate surface area is 207 Å². The minimum atomic E-state index is -4.63. The van der Waals surface area contributed by atoms with Crippen molar-refractivity contribution in [3.05, 3.63) is 57.4 Å². The smallest absolute Gasteiger partial charge is 0.443 e. The van der Waals surface area contributed by atoms with Gasteiger partial charge in [0.2, 0.25) is 5.91 Å². The number of hydrogen-bond acceptors (Lipinski definition) is 8. The van der Waals surface area contributed by atoms with E-state index >= 15 is 0 Å². The van der Waals surface area contributed by atoms with Crippen molar-refractivity contribution in [1.82, 2.24) is 9.88 Å². The lowest BCUT2D eigenvalue weighted by Gasteiger charge is -2.25. The fraction of sp³-hybridized carbons (Fsp3) is 0.304. The van der Waals surface area contributed by atoms with Crippen molar-refractivity contribution in [2.75, 3.05) is 31.6 Å². The Morgan fingerprint density at radius 1 is 1.36 bits per heavy atom. The number of halogens is 3. The van der Waals surface area contributed by atoms with Crippen molar-refractivity contribution in [1.29, 1.82) is 0 Å². The Balaban J connectivity index is 1.68. The first-order chi connectivity index (χ1) is 17.1. The number of carbonyl (C=O) groups excluding carboxylic acids is 2. The number of furan rings is 1. The Morgan fingerprint density at radius 3 is 2.83 bits per heavy atom. The van der Waals surface area contributed by atoms with Crippen molar-refractivity contribution in [2.45, 2.75) is 19.1 Å². The van der Waals surface area contributed by atoms with Crippen molar-refractivity contribution >= 4 is 35.0 Å². The number of fused-ring (bicyclic) bond motifs is 1. The molecular weight excluding hydrogens is 499 g/mol. The number of anilines is 1. The van der Waals surface area contributed by atoms with Crippen LogP contribution in [0, 0.1) is 0 Å². The number of carbonyl (C=O) groups is 2. The summed E-state index contributed by atoms with van der Waals surface area (Å²) in [5, 5.41) is 4.01. The number of aromatic nitrogens is 1. The van der Waals surface area contributed by atoms with Crippen molar-refractivity contribution in [2.24, 2.45) is 10.7 Å². The van der Waals surface area contributed by atoms with E-state index in [9.17, 15) is 22.8 Å². The molecule has 3 N–H and O–H groups in total. The summed E-state index contributed by atoms with van der Waals surface area (Å²) in [6.45, 7) is 3.02. The number of nitrogens with two attached hydrogens (primary N) is 1. The molecule has 1 unspecified atom stereocenters. The number of hydrogen-bond donors (Lipinski definition) is 2. The van der Waals surface area contributed by atoms with Crippen LogP contribution in [0.3, 0.4) is 0 Å². The molecule has 36 heavy (non-hydrogen) atoms. The molecule has 4 rings (SSSR count). The number of benzene rings is 1. The average molecular weight is 522 g/mol. The van der Waals surface area contributed by atoms with E-state index < -0.39 is 23.0 Å². The molecule has 0 fully saturated rings. The van der Waals surface area contributed by atoms with Gasteiger partial charge in [-0.15, -0.1) is 11.3 Å². The number of nitrogens with zero attached hydrogens (tertiary/aromatic N) is 3. The topological polar surface area (TPSA) is 123 Å². The number of alkyl halides is 3. The summed E-state index contributed by atoms with van der Waals surface area (Å²) in [5.74, 6) is -1.33. The summed E-state index contributed by atoms with van der Waals surface area (Å²) in [4.78, 5) is 33.8. The molecule has 3 aromatic rings. The number of thiazole rings is 1. The van der Waals surface area contributed by atoms with Gasteiger partial charge in [0.15, 0.2) is 5.01 Å². The number of primary amides is 1. The van der Waals surface area contributed by atoms with Gasteiger partial charge < -0.3 is 25.1 Å². The van der Waals surface area contributed by atoms with E-state index in [1.165, 1.54) is 12.5 Å². The second kappa shape index (κ2) is 10.5. The van der Waals surface area contributed by atoms with E-state index in [-0.39, 0.29) is 24.9 Å². The van der Waals surface area contributed by atoms with Crippen LogP contribution in [0.15, 0.2) is 45.5 Å². The molecule has 9 nitrogen and oxygen atoms in total. The second-order valence-electron chi connectivity index (χ2n) is 8.03. The van der Waals surface area contributed by atoms with Crippen LogP contribution in [0.1, 0.15) is 22.4 Å². The van der Waals surface area contributed by atoms with E-state index in [4.69, 9.17) is 14.9 Å². The maximum absolute atomic E-state index is 12.9. The summed E-state index contributed by atoms with van der Waals surface area (Å²) >= 11 is 0.354. The van der Waals surface area contributed by atoms with Crippen molar-refractivity contribution in [3.63, 3.8) is 0 Å². The molecule has 0 saturated heterocycles. The molecule has 1 atom stereocenters. The van der Waals surface area contributed by atoms with Gasteiger partial charge in [0.1, 0.15) is 12.3 Å². The van der Waals surface area contributed by atoms with Crippen LogP contribution in [-0.4, -0.2) is 54.0 Å². The summed E-state index contributed by atoms with van der Waals surface area (Å²) in [5.41, 5.74) is 6.37. The predicted octanol–water partition coefficient (Wildman–Crippen LogP) is 2.24. The van der Waals surface area contributed by atoms with Crippen LogP contribution < -0.4 is 21.6 Å². The summed E-state index contributed by atoms with van der Waals surface area (Å²) < 4.78 is 49.3. The number of amides is 2. The first-order valence-corrected chi connectivity index (χ1v) is 11.7. The van der Waals surface area contributed by atoms with E-state index in [1.54, 1.807) is 18.2 Å². The highest BCUT2D eigenvalue weighted by Crippen LogP contribution is 2.32. The highest BCUT2D eigenvalue weighted by atomic mass is 32.1. The lowest BCUT2D eigenvalue weighted by Crippen LogP contribution is -2.35. The van der Waals surface area contributed by atoms with E-state index in [0.717, 1.165) is 5.38 Å². The standard InChI is InChI=1S/C23H22F3N5O4S/c1-13-8-28-17-7-16(14-2-4-34-10-14)18(6-15(17)9-31(13)3-5-35-11-20(27)32)29-21(33)19-12-36-22(30-19)23(24,25)26/h2,4,6-7,9-10,12-13H,3,5,8,11H2,1H3,(H2,27,32)(H,29,33). The molecule has 13 heteroatoms. The van der Waals surface area contributed by atoms with Crippen LogP contribution in [0.5, 0.6) is 0 Å². The van der Waals surface area contributed by atoms with Gasteiger partial charge in [-0.2, -0.15) is 13.2 Å². The highest BCUT2D eigenvalue weighted by Gasteiger charge is 2.35. The molecule has 1 aromatic carbocycles. The minimum Gasteiger partial charge on any atom is -0.472 e. The number of ether oxygens (including phenoxy) is 1. The van der Waals surface area contributed by atoms with Gasteiger partial charge in [-0.05, 0) is 25.1 Å². The summed E-state index contributed by atoms with van der Waals surface area (Å²) in [6, 6.07) is 5.20. The van der Waals surface area contributed by atoms with Gasteiger partial charge in [0.05, 0.1) is 31.0 Å². The van der Waals surface area contributed by atoms with E-state index in [1.807, 2.05) is 18.0 Å². The molecule has 1 aliphatic heterocycles. The largest absolute Gasteiger partial charge is 0.472 e. The van der Waals surface area contributed by atoms with Crippen LogP contribution in [0.2, 0.25) is 0 Å². The molecule has 0 saturated carbocycles. The molecule has 2 amide bonds. The van der Waals surface area contributed by atoms with Gasteiger partial charge in [0.25, 0.3) is 5.91 Å². The maximum atomic E-state index is 12.9. The molecule has 1 aliphatic rings. The van der Waals surface area contributed by atoms with Crippen molar-refractivity contribution < 1.29 is 31.9 Å². The maximum Gasteiger partial charge on any atom is 0.443 e. The van der Waals surface area contributed by atoms with E-state index in [2.05, 4.69) is 15.3 Å². The monoisotopic (exact) mass is 521 g/mol. The number of nitrogens with one attached hydrogen (secondary N) is 1. The summed E-state index contributed by atoms with van der Waals surface area (Å²) in [6.07, 6.45) is 0.200. The van der Waals surface area contributed by atoms with Gasteiger partial charge in [0, 0.05) is 46.2 Å². The van der Waals surface area contributed by atoms with Crippen molar-refractivity contribution in [3.8, 4) is 11.1 Å². The van der Waals surface area contributed by atoms with Gasteiger partial charge in [-0.3, -0.25) is 14.6 Å². The van der Waals surface area contributed by atoms with Gasteiger partial charge >= 0.3 is 6.18 Å². The fourth-order valence-corrected chi connectivity index (χ4v) is 4.24. The second-order valence-corrected chi connectivity index (χ2v) is 8.89. The number of rotatable bonds is 8. The Morgan fingerprint density at radius 2 is 2.17 bits per heavy atom. The predicted molar refractivity (Wildman–Crippen MR) is 126 cm³/mol. The summed E-state index contributed by atoms with van der Waals surface area (Å²) in [7, 11) is 0. The minimum absolute atomic E-state index is 0.0146. The molecule has 2 aromatic heterocycles. The molecule has 0 aliphatic carbocycles. The van der Waals surface area contributed by atoms with E-state index in [0.29, 0.717) is 51.8 Å².